The van der Waals surface area contributed by atoms with Gasteiger partial charge < -0.3 is 21.1 Å². The van der Waals surface area contributed by atoms with Crippen molar-refractivity contribution >= 4 is 0 Å². The molecule has 134 valence electrons. The van der Waals surface area contributed by atoms with E-state index in [4.69, 9.17) is 10.8 Å². The Hall–Kier alpha value is -0.160. The molecular formula is C18H39NO3. The van der Waals surface area contributed by atoms with Crippen molar-refractivity contribution in [3.05, 3.63) is 0 Å². The first-order valence-corrected chi connectivity index (χ1v) is 9.36. The quantitative estimate of drug-likeness (QED) is 0.329. The Balaban J connectivity index is 3.26. The van der Waals surface area contributed by atoms with Crippen LogP contribution in [0, 0.1) is 0 Å². The summed E-state index contributed by atoms with van der Waals surface area (Å²) in [5, 5.41) is 28.2. The maximum Gasteiger partial charge on any atom is 0.0971 e. The first kappa shape index (κ1) is 21.8. The van der Waals surface area contributed by atoms with E-state index in [0.29, 0.717) is 6.42 Å². The maximum absolute atomic E-state index is 9.74. The fourth-order valence-corrected chi connectivity index (χ4v) is 2.76. The average Bonchev–Trinajstić information content (AvgIpc) is 2.54. The zero-order valence-electron chi connectivity index (χ0n) is 14.6. The zero-order chi connectivity index (χ0) is 16.6. The van der Waals surface area contributed by atoms with Crippen molar-refractivity contribution in [2.24, 2.45) is 5.73 Å². The lowest BCUT2D eigenvalue weighted by molar-refractivity contribution is -0.0121. The number of nitrogens with two attached hydrogens (primary N) is 1. The Labute approximate surface area is 137 Å². The summed E-state index contributed by atoms with van der Waals surface area (Å²) in [5.74, 6) is 0. The molecule has 0 fully saturated rings. The molecule has 5 N–H and O–H groups in total. The molecule has 3 atom stereocenters. The molecule has 0 rings (SSSR count). The number of rotatable bonds is 16. The molecule has 0 aliphatic carbocycles. The Morgan fingerprint density at radius 3 is 1.55 bits per heavy atom. The fraction of sp³-hybridized carbons (Fsp3) is 1.00. The molecular weight excluding hydrogens is 278 g/mol. The number of hydrogen-bond acceptors (Lipinski definition) is 4. The molecule has 0 aliphatic heterocycles. The number of hydrogen-bond donors (Lipinski definition) is 4. The van der Waals surface area contributed by atoms with E-state index < -0.39 is 18.2 Å². The first-order valence-electron chi connectivity index (χ1n) is 9.36. The van der Waals surface area contributed by atoms with Gasteiger partial charge in [-0.3, -0.25) is 0 Å². The monoisotopic (exact) mass is 317 g/mol. The van der Waals surface area contributed by atoms with Gasteiger partial charge in [-0.05, 0) is 6.42 Å². The topological polar surface area (TPSA) is 86.7 Å². The standard InChI is InChI=1S/C18H39NO3/c1-2-3-4-5-6-7-8-9-10-11-12-13-14-17(21)18(22)16(19)15-20/h16-18,20-22H,2-15,19H2,1H3/t16?,17?,18-/m1/s1. The Morgan fingerprint density at radius 2 is 1.14 bits per heavy atom. The smallest absolute Gasteiger partial charge is 0.0971 e. The molecule has 4 heteroatoms. The SMILES string of the molecule is CCCCCCCCCCCCCCC(O)[C@H](O)C(N)CO. The van der Waals surface area contributed by atoms with Crippen LogP contribution < -0.4 is 5.73 Å². The van der Waals surface area contributed by atoms with Gasteiger partial charge in [0.1, 0.15) is 0 Å². The van der Waals surface area contributed by atoms with Crippen molar-refractivity contribution in [2.45, 2.75) is 109 Å². The second-order valence-electron chi connectivity index (χ2n) is 6.58. The van der Waals surface area contributed by atoms with Crippen LogP contribution in [0.5, 0.6) is 0 Å². The van der Waals surface area contributed by atoms with Gasteiger partial charge in [0.25, 0.3) is 0 Å². The van der Waals surface area contributed by atoms with E-state index in [2.05, 4.69) is 6.92 Å². The van der Waals surface area contributed by atoms with Crippen LogP contribution in [0.1, 0.15) is 90.4 Å². The van der Waals surface area contributed by atoms with Crippen LogP contribution in [0.25, 0.3) is 0 Å². The molecule has 0 saturated heterocycles. The van der Waals surface area contributed by atoms with E-state index in [1.54, 1.807) is 0 Å². The van der Waals surface area contributed by atoms with Crippen LogP contribution in [-0.4, -0.2) is 40.2 Å². The lowest BCUT2D eigenvalue weighted by Gasteiger charge is -2.22. The highest BCUT2D eigenvalue weighted by atomic mass is 16.3. The van der Waals surface area contributed by atoms with Gasteiger partial charge in [0.05, 0.1) is 24.9 Å². The van der Waals surface area contributed by atoms with Crippen molar-refractivity contribution in [1.82, 2.24) is 0 Å². The van der Waals surface area contributed by atoms with Gasteiger partial charge in [-0.25, -0.2) is 0 Å². The highest BCUT2D eigenvalue weighted by Crippen LogP contribution is 2.14. The predicted molar refractivity (Wildman–Crippen MR) is 92.8 cm³/mol. The fourth-order valence-electron chi connectivity index (χ4n) is 2.76. The summed E-state index contributed by atoms with van der Waals surface area (Å²) in [7, 11) is 0. The van der Waals surface area contributed by atoms with Crippen LogP contribution in [0.4, 0.5) is 0 Å². The van der Waals surface area contributed by atoms with E-state index in [9.17, 15) is 10.2 Å². The molecule has 0 radical (unpaired) electrons. The molecule has 0 aromatic carbocycles. The average molecular weight is 318 g/mol. The van der Waals surface area contributed by atoms with E-state index in [1.165, 1.54) is 64.2 Å². The second kappa shape index (κ2) is 15.7. The summed E-state index contributed by atoms with van der Waals surface area (Å²) < 4.78 is 0. The third kappa shape index (κ3) is 12.4. The van der Waals surface area contributed by atoms with Crippen molar-refractivity contribution in [3.8, 4) is 0 Å². The van der Waals surface area contributed by atoms with E-state index >= 15 is 0 Å². The van der Waals surface area contributed by atoms with Gasteiger partial charge >= 0.3 is 0 Å². The molecule has 0 heterocycles. The Kier molecular flexibility index (Phi) is 15.6. The van der Waals surface area contributed by atoms with Gasteiger partial charge in [-0.15, -0.1) is 0 Å². The molecule has 0 spiro atoms. The van der Waals surface area contributed by atoms with Crippen molar-refractivity contribution in [1.29, 1.82) is 0 Å². The highest BCUT2D eigenvalue weighted by Gasteiger charge is 2.22. The molecule has 2 unspecified atom stereocenters. The predicted octanol–water partition coefficient (Wildman–Crippen LogP) is 3.12. The molecule has 0 aliphatic rings. The van der Waals surface area contributed by atoms with Crippen LogP contribution in [0.3, 0.4) is 0 Å². The molecule has 0 aromatic heterocycles. The maximum atomic E-state index is 9.74. The van der Waals surface area contributed by atoms with Gasteiger partial charge in [-0.2, -0.15) is 0 Å². The van der Waals surface area contributed by atoms with Crippen molar-refractivity contribution in [2.75, 3.05) is 6.61 Å². The largest absolute Gasteiger partial charge is 0.395 e. The minimum Gasteiger partial charge on any atom is -0.395 e. The van der Waals surface area contributed by atoms with E-state index in [1.807, 2.05) is 0 Å². The van der Waals surface area contributed by atoms with E-state index in [-0.39, 0.29) is 6.61 Å². The highest BCUT2D eigenvalue weighted by molar-refractivity contribution is 4.77. The van der Waals surface area contributed by atoms with Crippen LogP contribution >= 0.6 is 0 Å². The Bertz CT molecular complexity index is 226. The zero-order valence-corrected chi connectivity index (χ0v) is 14.6. The van der Waals surface area contributed by atoms with Gasteiger partial charge in [-0.1, -0.05) is 84.0 Å². The van der Waals surface area contributed by atoms with Crippen LogP contribution in [0.2, 0.25) is 0 Å². The summed E-state index contributed by atoms with van der Waals surface area (Å²) in [6, 6.07) is -0.743. The van der Waals surface area contributed by atoms with Gasteiger partial charge in [0.2, 0.25) is 0 Å². The molecule has 0 bridgehead atoms. The summed E-state index contributed by atoms with van der Waals surface area (Å²) in [6.45, 7) is 1.96. The van der Waals surface area contributed by atoms with Crippen LogP contribution in [0.15, 0.2) is 0 Å². The summed E-state index contributed by atoms with van der Waals surface area (Å²) >= 11 is 0. The summed E-state index contributed by atoms with van der Waals surface area (Å²) in [5.41, 5.74) is 5.49. The number of unbranched alkanes of at least 4 members (excludes halogenated alkanes) is 11. The molecule has 0 aromatic rings. The van der Waals surface area contributed by atoms with Gasteiger partial charge in [0.15, 0.2) is 0 Å². The molecule has 0 saturated carbocycles. The molecule has 4 nitrogen and oxygen atoms in total. The Morgan fingerprint density at radius 1 is 0.727 bits per heavy atom. The normalized spacial score (nSPS) is 15.7. The minimum absolute atomic E-state index is 0.295. The van der Waals surface area contributed by atoms with E-state index in [0.717, 1.165) is 12.8 Å². The first-order chi connectivity index (χ1) is 10.6. The summed E-state index contributed by atoms with van der Waals surface area (Å²) in [4.78, 5) is 0. The minimum atomic E-state index is -1.02. The van der Waals surface area contributed by atoms with Crippen molar-refractivity contribution in [3.63, 3.8) is 0 Å². The van der Waals surface area contributed by atoms with Crippen LogP contribution in [-0.2, 0) is 0 Å². The van der Waals surface area contributed by atoms with Gasteiger partial charge in [0, 0.05) is 0 Å². The summed E-state index contributed by atoms with van der Waals surface area (Å²) in [6.07, 6.45) is 14.1. The third-order valence-corrected chi connectivity index (χ3v) is 4.40. The molecule has 0 amide bonds. The third-order valence-electron chi connectivity index (χ3n) is 4.40. The van der Waals surface area contributed by atoms with Crippen molar-refractivity contribution < 1.29 is 15.3 Å². The molecule has 22 heavy (non-hydrogen) atoms. The number of aliphatic hydroxyl groups is 3. The lowest BCUT2D eigenvalue weighted by atomic mass is 10.00. The lowest BCUT2D eigenvalue weighted by Crippen LogP contribution is -2.45. The second-order valence-corrected chi connectivity index (χ2v) is 6.58. The number of aliphatic hydroxyl groups excluding tert-OH is 3.